The highest BCUT2D eigenvalue weighted by Crippen LogP contribution is 2.55. The van der Waals surface area contributed by atoms with Crippen LogP contribution in [-0.4, -0.2) is 32.1 Å². The van der Waals surface area contributed by atoms with Gasteiger partial charge < -0.3 is 19.5 Å². The fraction of sp³-hybridized carbons (Fsp3) is 0.579. The van der Waals surface area contributed by atoms with Gasteiger partial charge in [0.05, 0.1) is 20.0 Å². The van der Waals surface area contributed by atoms with E-state index >= 15 is 0 Å². The summed E-state index contributed by atoms with van der Waals surface area (Å²) in [4.78, 5) is 23.4. The molecule has 2 rings (SSSR count). The second kappa shape index (κ2) is 6.94. The minimum Gasteiger partial charge on any atom is -0.493 e. The minimum absolute atomic E-state index is 0.120. The van der Waals surface area contributed by atoms with Gasteiger partial charge in [-0.1, -0.05) is 27.7 Å². The molecule has 25 heavy (non-hydrogen) atoms. The van der Waals surface area contributed by atoms with E-state index in [-0.39, 0.29) is 17.4 Å². The highest BCUT2D eigenvalue weighted by molar-refractivity contribution is 6.32. The molecule has 1 amide bonds. The van der Waals surface area contributed by atoms with Crippen LogP contribution >= 0.6 is 0 Å². The van der Waals surface area contributed by atoms with Crippen LogP contribution in [0.4, 0.5) is 0 Å². The molecule has 138 valence electrons. The molecule has 0 aromatic rings. The van der Waals surface area contributed by atoms with Crippen LogP contribution in [0.25, 0.3) is 0 Å². The van der Waals surface area contributed by atoms with E-state index in [1.165, 1.54) is 5.57 Å². The number of nitrogens with one attached hydrogen (secondary N) is 1. The number of hydrogen-bond donors (Lipinski definition) is 1. The van der Waals surface area contributed by atoms with Crippen LogP contribution in [0.5, 0.6) is 0 Å². The lowest BCUT2D eigenvalue weighted by atomic mass is 9.70. The number of hydrogen-bond acceptors (Lipinski definition) is 5. The number of allylic oxidation sites excluding steroid dienone is 1. The van der Waals surface area contributed by atoms with Crippen molar-refractivity contribution in [2.75, 3.05) is 20.3 Å². The van der Waals surface area contributed by atoms with Gasteiger partial charge in [-0.2, -0.15) is 0 Å². The van der Waals surface area contributed by atoms with Crippen LogP contribution < -0.4 is 5.32 Å². The zero-order chi connectivity index (χ0) is 18.8. The van der Waals surface area contributed by atoms with E-state index < -0.39 is 11.9 Å². The van der Waals surface area contributed by atoms with Gasteiger partial charge in [0, 0.05) is 17.5 Å². The molecular formula is C19H27NO5. The maximum absolute atomic E-state index is 11.9. The Morgan fingerprint density at radius 2 is 2.00 bits per heavy atom. The van der Waals surface area contributed by atoms with Crippen molar-refractivity contribution in [2.45, 2.75) is 41.0 Å². The molecule has 0 unspecified atom stereocenters. The maximum Gasteiger partial charge on any atom is 0.396 e. The smallest absolute Gasteiger partial charge is 0.396 e. The molecule has 0 spiro atoms. The lowest BCUT2D eigenvalue weighted by Crippen LogP contribution is -2.41. The second-order valence-corrected chi connectivity index (χ2v) is 7.56. The molecule has 1 N–H and O–H groups in total. The molecule has 0 radical (unpaired) electrons. The second-order valence-electron chi connectivity index (χ2n) is 7.56. The van der Waals surface area contributed by atoms with Gasteiger partial charge in [0.25, 0.3) is 0 Å². The number of carbonyl (C=O) groups excluding carboxylic acids is 2. The van der Waals surface area contributed by atoms with Crippen LogP contribution in [0.3, 0.4) is 0 Å². The summed E-state index contributed by atoms with van der Waals surface area (Å²) >= 11 is 0. The van der Waals surface area contributed by atoms with Gasteiger partial charge in [0.15, 0.2) is 5.76 Å². The number of amides is 1. The average molecular weight is 349 g/mol. The quantitative estimate of drug-likeness (QED) is 0.610. The molecule has 0 aromatic heterocycles. The first-order chi connectivity index (χ1) is 11.6. The highest BCUT2D eigenvalue weighted by Gasteiger charge is 2.45. The lowest BCUT2D eigenvalue weighted by Gasteiger charge is -2.36. The van der Waals surface area contributed by atoms with Crippen molar-refractivity contribution in [1.82, 2.24) is 5.32 Å². The summed E-state index contributed by atoms with van der Waals surface area (Å²) in [6.45, 7) is 10.6. The number of esters is 1. The zero-order valence-electron chi connectivity index (χ0n) is 15.8. The van der Waals surface area contributed by atoms with Crippen molar-refractivity contribution < 1.29 is 23.8 Å². The van der Waals surface area contributed by atoms with Crippen LogP contribution in [0.2, 0.25) is 0 Å². The van der Waals surface area contributed by atoms with E-state index in [9.17, 15) is 9.59 Å². The van der Waals surface area contributed by atoms with Crippen molar-refractivity contribution in [3.63, 3.8) is 0 Å². The Kier molecular flexibility index (Phi) is 5.30. The van der Waals surface area contributed by atoms with Crippen LogP contribution in [-0.2, 0) is 23.8 Å². The van der Waals surface area contributed by atoms with E-state index in [4.69, 9.17) is 14.2 Å². The molecule has 1 heterocycles. The third-order valence-electron chi connectivity index (χ3n) is 4.56. The molecule has 0 saturated heterocycles. The first kappa shape index (κ1) is 19.1. The SMILES string of the molecule is CCOC(=O)C(=O)NCC(C)(C)C1=C2C(=COC=C2OC)CC1(C)C. The predicted molar refractivity (Wildman–Crippen MR) is 93.1 cm³/mol. The summed E-state index contributed by atoms with van der Waals surface area (Å²) in [5.41, 5.74) is 2.79. The first-order valence-corrected chi connectivity index (χ1v) is 8.43. The zero-order valence-corrected chi connectivity index (χ0v) is 15.8. The Hall–Kier alpha value is -2.24. The fourth-order valence-corrected chi connectivity index (χ4v) is 3.83. The number of carbonyl (C=O) groups is 2. The number of ether oxygens (including phenoxy) is 3. The van der Waals surface area contributed by atoms with Gasteiger partial charge >= 0.3 is 11.9 Å². The molecule has 0 aromatic carbocycles. The number of methoxy groups -OCH3 is 1. The van der Waals surface area contributed by atoms with Gasteiger partial charge in [-0.25, -0.2) is 4.79 Å². The van der Waals surface area contributed by atoms with Crippen molar-refractivity contribution in [3.05, 3.63) is 35.0 Å². The van der Waals surface area contributed by atoms with Crippen LogP contribution in [0, 0.1) is 10.8 Å². The van der Waals surface area contributed by atoms with E-state index in [0.29, 0.717) is 12.3 Å². The van der Waals surface area contributed by atoms with E-state index in [0.717, 1.165) is 17.6 Å². The average Bonchev–Trinajstić information content (AvgIpc) is 2.83. The molecule has 1 aliphatic carbocycles. The molecule has 1 aliphatic heterocycles. The molecule has 0 fully saturated rings. The van der Waals surface area contributed by atoms with Crippen molar-refractivity contribution >= 4 is 11.9 Å². The van der Waals surface area contributed by atoms with Crippen molar-refractivity contribution in [3.8, 4) is 0 Å². The Morgan fingerprint density at radius 3 is 2.60 bits per heavy atom. The van der Waals surface area contributed by atoms with E-state index in [1.807, 2.05) is 13.8 Å². The third-order valence-corrected chi connectivity index (χ3v) is 4.56. The predicted octanol–water partition coefficient (Wildman–Crippen LogP) is 2.82. The standard InChI is InChI=1S/C19H27NO5/c1-7-25-17(22)16(21)20-11-19(4,5)15-14-12(8-18(15,2)3)9-24-10-13(14)23-6/h9-10H,7-8,11H2,1-6H3,(H,20,21). The topological polar surface area (TPSA) is 73.9 Å². The van der Waals surface area contributed by atoms with Gasteiger partial charge in [-0.05, 0) is 29.9 Å². The Balaban J connectivity index is 2.30. The van der Waals surface area contributed by atoms with Gasteiger partial charge in [0.1, 0.15) is 6.26 Å². The Bertz CT molecular complexity index is 667. The largest absolute Gasteiger partial charge is 0.493 e. The first-order valence-electron chi connectivity index (χ1n) is 8.43. The molecule has 0 saturated carbocycles. The maximum atomic E-state index is 11.9. The summed E-state index contributed by atoms with van der Waals surface area (Å²) in [6.07, 6.45) is 4.17. The third kappa shape index (κ3) is 3.72. The van der Waals surface area contributed by atoms with Gasteiger partial charge in [0.2, 0.25) is 0 Å². The van der Waals surface area contributed by atoms with E-state index in [1.54, 1.807) is 26.6 Å². The normalized spacial score (nSPS) is 18.6. The minimum atomic E-state index is -0.856. The van der Waals surface area contributed by atoms with E-state index in [2.05, 4.69) is 19.2 Å². The summed E-state index contributed by atoms with van der Waals surface area (Å²) in [5.74, 6) is -0.893. The Labute approximate surface area is 148 Å². The summed E-state index contributed by atoms with van der Waals surface area (Å²) < 4.78 is 15.6. The molecule has 0 atom stereocenters. The van der Waals surface area contributed by atoms with Crippen LogP contribution in [0.15, 0.2) is 35.0 Å². The van der Waals surface area contributed by atoms with Gasteiger partial charge in [-0.15, -0.1) is 0 Å². The van der Waals surface area contributed by atoms with Crippen molar-refractivity contribution in [1.29, 1.82) is 0 Å². The Morgan fingerprint density at radius 1 is 1.32 bits per heavy atom. The molecule has 6 heteroatoms. The fourth-order valence-electron chi connectivity index (χ4n) is 3.83. The lowest BCUT2D eigenvalue weighted by molar-refractivity contribution is -0.154. The monoisotopic (exact) mass is 349 g/mol. The molecular weight excluding hydrogens is 322 g/mol. The molecule has 2 aliphatic rings. The van der Waals surface area contributed by atoms with Crippen LogP contribution in [0.1, 0.15) is 41.0 Å². The van der Waals surface area contributed by atoms with Gasteiger partial charge in [-0.3, -0.25) is 4.79 Å². The summed E-state index contributed by atoms with van der Waals surface area (Å²) in [6, 6.07) is 0. The molecule has 0 bridgehead atoms. The summed E-state index contributed by atoms with van der Waals surface area (Å²) in [5, 5.41) is 2.69. The highest BCUT2D eigenvalue weighted by atomic mass is 16.5. The number of fused-ring (bicyclic) bond motifs is 1. The molecule has 6 nitrogen and oxygen atoms in total. The summed E-state index contributed by atoms with van der Waals surface area (Å²) in [7, 11) is 1.61. The van der Waals surface area contributed by atoms with Crippen molar-refractivity contribution in [2.24, 2.45) is 10.8 Å². The number of rotatable bonds is 5.